The van der Waals surface area contributed by atoms with Crippen LogP contribution in [0.5, 0.6) is 0 Å². The molecular weight excluding hydrogens is 420 g/mol. The van der Waals surface area contributed by atoms with Gasteiger partial charge in [0.15, 0.2) is 5.76 Å². The van der Waals surface area contributed by atoms with Gasteiger partial charge in [-0.1, -0.05) is 33.6 Å². The van der Waals surface area contributed by atoms with Gasteiger partial charge < -0.3 is 15.1 Å². The summed E-state index contributed by atoms with van der Waals surface area (Å²) < 4.78 is 5.82. The number of carbonyl (C=O) groups excluding carboxylic acids is 2. The van der Waals surface area contributed by atoms with Gasteiger partial charge in [0.1, 0.15) is 0 Å². The van der Waals surface area contributed by atoms with Crippen molar-refractivity contribution in [1.29, 1.82) is 0 Å². The van der Waals surface area contributed by atoms with Crippen molar-refractivity contribution in [2.45, 2.75) is 6.92 Å². The maximum absolute atomic E-state index is 12.5. The molecule has 0 aliphatic heterocycles. The molecule has 7 heteroatoms. The van der Waals surface area contributed by atoms with Crippen LogP contribution in [0, 0.1) is 6.92 Å². The lowest BCUT2D eigenvalue weighted by Crippen LogP contribution is -2.15. The Bertz CT molecular complexity index is 971. The van der Waals surface area contributed by atoms with E-state index in [9.17, 15) is 9.59 Å². The lowest BCUT2D eigenvalue weighted by molar-refractivity contribution is 0.0995. The smallest absolute Gasteiger partial charge is 0.291 e. The molecule has 3 aromatic rings. The van der Waals surface area contributed by atoms with E-state index in [1.165, 1.54) is 6.26 Å². The van der Waals surface area contributed by atoms with E-state index in [4.69, 9.17) is 16.0 Å². The zero-order valence-corrected chi connectivity index (χ0v) is 16.0. The molecule has 1 heterocycles. The van der Waals surface area contributed by atoms with Crippen LogP contribution >= 0.6 is 27.5 Å². The van der Waals surface area contributed by atoms with Crippen molar-refractivity contribution in [2.75, 3.05) is 10.6 Å². The number of rotatable bonds is 4. The second-order valence-corrected chi connectivity index (χ2v) is 6.86. The molecule has 0 aliphatic rings. The van der Waals surface area contributed by atoms with Crippen molar-refractivity contribution in [3.05, 3.63) is 81.2 Å². The van der Waals surface area contributed by atoms with Crippen molar-refractivity contribution < 1.29 is 14.0 Å². The van der Waals surface area contributed by atoms with Gasteiger partial charge in [-0.25, -0.2) is 0 Å². The molecule has 0 saturated heterocycles. The molecule has 3 rings (SSSR count). The highest BCUT2D eigenvalue weighted by Gasteiger charge is 2.14. The normalized spacial score (nSPS) is 10.4. The molecule has 0 bridgehead atoms. The first-order chi connectivity index (χ1) is 12.4. The van der Waals surface area contributed by atoms with Gasteiger partial charge in [-0.2, -0.15) is 0 Å². The first-order valence-corrected chi connectivity index (χ1v) is 8.83. The second kappa shape index (κ2) is 7.76. The molecule has 0 spiro atoms. The maximum Gasteiger partial charge on any atom is 0.291 e. The predicted octanol–water partition coefficient (Wildman–Crippen LogP) is 5.51. The summed E-state index contributed by atoms with van der Waals surface area (Å²) in [4.78, 5) is 24.6. The number of aryl methyl sites for hydroxylation is 1. The molecule has 2 amide bonds. The third kappa shape index (κ3) is 4.15. The molecule has 0 unspecified atom stereocenters. The molecule has 1 aromatic heterocycles. The molecule has 5 nitrogen and oxygen atoms in total. The van der Waals surface area contributed by atoms with Crippen LogP contribution in [-0.2, 0) is 0 Å². The summed E-state index contributed by atoms with van der Waals surface area (Å²) >= 11 is 9.43. The summed E-state index contributed by atoms with van der Waals surface area (Å²) in [5.41, 5.74) is 2.31. The van der Waals surface area contributed by atoms with Gasteiger partial charge >= 0.3 is 0 Å². The SMILES string of the molecule is Cc1ccc(NC(=O)c2ccco2)cc1NC(=O)c1cc(Br)ccc1Cl. The Labute approximate surface area is 163 Å². The third-order valence-corrected chi connectivity index (χ3v) is 4.48. The van der Waals surface area contributed by atoms with Gasteiger partial charge in [0.05, 0.1) is 16.8 Å². The van der Waals surface area contributed by atoms with E-state index in [2.05, 4.69) is 26.6 Å². The third-order valence-electron chi connectivity index (χ3n) is 3.66. The Balaban J connectivity index is 1.80. The zero-order valence-electron chi connectivity index (χ0n) is 13.7. The molecule has 2 aromatic carbocycles. The zero-order chi connectivity index (χ0) is 18.7. The van der Waals surface area contributed by atoms with Gasteiger partial charge in [0.25, 0.3) is 11.8 Å². The van der Waals surface area contributed by atoms with Crippen molar-refractivity contribution in [3.8, 4) is 0 Å². The van der Waals surface area contributed by atoms with Gasteiger partial charge in [-0.05, 0) is 55.0 Å². The molecular formula is C19H14BrClN2O3. The summed E-state index contributed by atoms with van der Waals surface area (Å²) in [5, 5.41) is 5.90. The standard InChI is InChI=1S/C19H14BrClN2O3/c1-11-4-6-13(22-19(25)17-3-2-8-26-17)10-16(11)23-18(24)14-9-12(20)5-7-15(14)21/h2-10H,1H3,(H,22,25)(H,23,24). The van der Waals surface area contributed by atoms with E-state index in [1.54, 1.807) is 48.5 Å². The van der Waals surface area contributed by atoms with Crippen molar-refractivity contribution in [2.24, 2.45) is 0 Å². The minimum absolute atomic E-state index is 0.206. The van der Waals surface area contributed by atoms with Gasteiger partial charge in [-0.3, -0.25) is 9.59 Å². The Morgan fingerprint density at radius 1 is 1.04 bits per heavy atom. The number of anilines is 2. The molecule has 132 valence electrons. The van der Waals surface area contributed by atoms with Crippen LogP contribution in [0.25, 0.3) is 0 Å². The quantitative estimate of drug-likeness (QED) is 0.570. The fourth-order valence-electron chi connectivity index (χ4n) is 2.30. The number of carbonyl (C=O) groups is 2. The summed E-state index contributed by atoms with van der Waals surface area (Å²) in [5.74, 6) is -0.503. The van der Waals surface area contributed by atoms with Crippen LogP contribution in [0.1, 0.15) is 26.5 Å². The highest BCUT2D eigenvalue weighted by molar-refractivity contribution is 9.10. The largest absolute Gasteiger partial charge is 0.459 e. The summed E-state index contributed by atoms with van der Waals surface area (Å²) in [6, 6.07) is 13.5. The minimum Gasteiger partial charge on any atom is -0.459 e. The van der Waals surface area contributed by atoms with Crippen LogP contribution in [0.2, 0.25) is 5.02 Å². The van der Waals surface area contributed by atoms with Crippen LogP contribution < -0.4 is 10.6 Å². The molecule has 26 heavy (non-hydrogen) atoms. The second-order valence-electron chi connectivity index (χ2n) is 5.54. The number of hydrogen-bond donors (Lipinski definition) is 2. The number of hydrogen-bond acceptors (Lipinski definition) is 3. The highest BCUT2D eigenvalue weighted by atomic mass is 79.9. The van der Waals surface area contributed by atoms with E-state index in [0.717, 1.165) is 10.0 Å². The average Bonchev–Trinajstić information content (AvgIpc) is 3.14. The molecule has 0 radical (unpaired) electrons. The Kier molecular flexibility index (Phi) is 5.44. The molecule has 0 aliphatic carbocycles. The number of halogens is 2. The maximum atomic E-state index is 12.5. The van der Waals surface area contributed by atoms with Crippen molar-refractivity contribution in [1.82, 2.24) is 0 Å². The van der Waals surface area contributed by atoms with E-state index in [1.807, 2.05) is 6.92 Å². The van der Waals surface area contributed by atoms with Crippen molar-refractivity contribution in [3.63, 3.8) is 0 Å². The molecule has 2 N–H and O–H groups in total. The van der Waals surface area contributed by atoms with Crippen LogP contribution in [-0.4, -0.2) is 11.8 Å². The lowest BCUT2D eigenvalue weighted by atomic mass is 10.1. The fraction of sp³-hybridized carbons (Fsp3) is 0.0526. The van der Waals surface area contributed by atoms with Gasteiger partial charge in [0, 0.05) is 15.8 Å². The first-order valence-electron chi connectivity index (χ1n) is 7.66. The van der Waals surface area contributed by atoms with E-state index in [-0.39, 0.29) is 17.6 Å². The average molecular weight is 434 g/mol. The predicted molar refractivity (Wildman–Crippen MR) is 105 cm³/mol. The monoisotopic (exact) mass is 432 g/mol. The van der Waals surface area contributed by atoms with Gasteiger partial charge in [0.2, 0.25) is 0 Å². The molecule has 0 saturated carbocycles. The minimum atomic E-state index is -0.369. The lowest BCUT2D eigenvalue weighted by Gasteiger charge is -2.12. The Morgan fingerprint density at radius 2 is 1.85 bits per heavy atom. The van der Waals surface area contributed by atoms with E-state index in [0.29, 0.717) is 22.0 Å². The number of amides is 2. The number of nitrogens with one attached hydrogen (secondary N) is 2. The molecule has 0 fully saturated rings. The van der Waals surface area contributed by atoms with Crippen LogP contribution in [0.4, 0.5) is 11.4 Å². The fourth-order valence-corrected chi connectivity index (χ4v) is 2.86. The highest BCUT2D eigenvalue weighted by Crippen LogP contribution is 2.25. The number of furan rings is 1. The number of benzene rings is 2. The summed E-state index contributed by atoms with van der Waals surface area (Å²) in [7, 11) is 0. The van der Waals surface area contributed by atoms with Gasteiger partial charge in [-0.15, -0.1) is 0 Å². The molecule has 0 atom stereocenters. The van der Waals surface area contributed by atoms with Crippen molar-refractivity contribution >= 4 is 50.7 Å². The first kappa shape index (κ1) is 18.2. The Hall–Kier alpha value is -2.57. The van der Waals surface area contributed by atoms with E-state index >= 15 is 0 Å². The topological polar surface area (TPSA) is 71.3 Å². The van der Waals surface area contributed by atoms with Crippen LogP contribution in [0.3, 0.4) is 0 Å². The summed E-state index contributed by atoms with van der Waals surface area (Å²) in [6.07, 6.45) is 1.43. The van der Waals surface area contributed by atoms with E-state index < -0.39 is 0 Å². The van der Waals surface area contributed by atoms with Crippen LogP contribution in [0.15, 0.2) is 63.7 Å². The Morgan fingerprint density at radius 3 is 2.58 bits per heavy atom. The summed E-state index contributed by atoms with van der Waals surface area (Å²) in [6.45, 7) is 1.86.